The van der Waals surface area contributed by atoms with Crippen LogP contribution in [0.4, 0.5) is 4.39 Å². The largest absolute Gasteiger partial charge is 0.496 e. The molecular weight excluding hydrogens is 459 g/mol. The Morgan fingerprint density at radius 2 is 2.00 bits per heavy atom. The second-order valence-corrected chi connectivity index (χ2v) is 9.31. The van der Waals surface area contributed by atoms with E-state index in [9.17, 15) is 14.6 Å². The van der Waals surface area contributed by atoms with E-state index in [1.807, 2.05) is 37.0 Å². The number of H-pyrrole nitrogens is 1. The van der Waals surface area contributed by atoms with Gasteiger partial charge in [0.05, 0.1) is 36.1 Å². The number of rotatable bonds is 5. The molecule has 4 aromatic rings. The average Bonchev–Trinajstić information content (AvgIpc) is 3.51. The van der Waals surface area contributed by atoms with Crippen LogP contribution in [0.3, 0.4) is 0 Å². The molecule has 3 aromatic heterocycles. The van der Waals surface area contributed by atoms with Gasteiger partial charge in [-0.05, 0) is 43.5 Å². The van der Waals surface area contributed by atoms with Gasteiger partial charge in [-0.2, -0.15) is 5.10 Å². The first-order valence-electron chi connectivity index (χ1n) is 11.2. The van der Waals surface area contributed by atoms with Crippen molar-refractivity contribution >= 4 is 22.6 Å². The molecule has 1 aliphatic rings. The highest BCUT2D eigenvalue weighted by atomic mass is 35.5. The van der Waals surface area contributed by atoms with E-state index in [2.05, 4.69) is 15.1 Å². The Labute approximate surface area is 201 Å². The van der Waals surface area contributed by atoms with Crippen LogP contribution in [0.5, 0.6) is 5.75 Å². The Kier molecular flexibility index (Phi) is 5.83. The Balaban J connectivity index is 1.55. The molecule has 0 radical (unpaired) electrons. The summed E-state index contributed by atoms with van der Waals surface area (Å²) in [7, 11) is 1.54. The minimum Gasteiger partial charge on any atom is -0.496 e. The molecule has 3 heterocycles. The standard InChI is InChI=1S/C25H26ClFN4O3/c1-12(23-22(34-3)5-4-19(27)24(23)26)17-10-29-25-16(17)6-14(9-28-25)18-11-31(30-13(18)2)15-7-20(32)21(33)8-15/h4-6,9-12,15,20-21,32-33H,7-8H2,1-3H3,(H,28,29)/t12-,15-,20-,21+/m0/s1. The molecule has 0 amide bonds. The number of aromatic amines is 1. The molecule has 3 N–H and O–H groups in total. The fourth-order valence-corrected chi connectivity index (χ4v) is 5.27. The zero-order valence-electron chi connectivity index (χ0n) is 19.1. The number of hydrogen-bond donors (Lipinski definition) is 3. The monoisotopic (exact) mass is 484 g/mol. The van der Waals surface area contributed by atoms with Crippen molar-refractivity contribution in [3.05, 3.63) is 64.5 Å². The van der Waals surface area contributed by atoms with E-state index in [0.717, 1.165) is 27.8 Å². The molecule has 1 saturated carbocycles. The quantitative estimate of drug-likeness (QED) is 0.380. The van der Waals surface area contributed by atoms with E-state index in [0.29, 0.717) is 29.8 Å². The minimum atomic E-state index is -0.730. The van der Waals surface area contributed by atoms with Gasteiger partial charge in [-0.25, -0.2) is 9.37 Å². The molecule has 34 heavy (non-hydrogen) atoms. The topological polar surface area (TPSA) is 96.2 Å². The van der Waals surface area contributed by atoms with Crippen LogP contribution < -0.4 is 4.74 Å². The van der Waals surface area contributed by atoms with Gasteiger partial charge in [0.1, 0.15) is 17.2 Å². The Hall–Kier alpha value is -2.94. The second-order valence-electron chi connectivity index (χ2n) is 8.93. The number of aliphatic hydroxyl groups excluding tert-OH is 2. The second kappa shape index (κ2) is 8.69. The van der Waals surface area contributed by atoms with E-state index in [1.165, 1.54) is 13.2 Å². The molecule has 178 valence electrons. The van der Waals surface area contributed by atoms with E-state index in [1.54, 1.807) is 12.3 Å². The summed E-state index contributed by atoms with van der Waals surface area (Å²) >= 11 is 6.35. The van der Waals surface area contributed by atoms with Crippen molar-refractivity contribution in [3.8, 4) is 16.9 Å². The maximum atomic E-state index is 14.3. The van der Waals surface area contributed by atoms with Crippen molar-refractivity contribution < 1.29 is 19.3 Å². The number of ether oxygens (including phenoxy) is 1. The smallest absolute Gasteiger partial charge is 0.142 e. The highest BCUT2D eigenvalue weighted by Crippen LogP contribution is 2.41. The van der Waals surface area contributed by atoms with Crippen molar-refractivity contribution in [1.29, 1.82) is 0 Å². The van der Waals surface area contributed by atoms with Gasteiger partial charge in [0.25, 0.3) is 0 Å². The number of aryl methyl sites for hydroxylation is 1. The number of halogens is 2. The van der Waals surface area contributed by atoms with Crippen LogP contribution in [0.15, 0.2) is 36.8 Å². The molecule has 1 aromatic carbocycles. The molecule has 7 nitrogen and oxygen atoms in total. The number of nitrogens with one attached hydrogen (secondary N) is 1. The summed E-state index contributed by atoms with van der Waals surface area (Å²) in [6.07, 6.45) is 5.07. The molecule has 0 unspecified atom stereocenters. The van der Waals surface area contributed by atoms with Gasteiger partial charge in [0.15, 0.2) is 0 Å². The lowest BCUT2D eigenvalue weighted by Gasteiger charge is -2.17. The van der Waals surface area contributed by atoms with Gasteiger partial charge in [0, 0.05) is 46.6 Å². The molecule has 0 saturated heterocycles. The number of aromatic nitrogens is 4. The first kappa shape index (κ1) is 22.8. The first-order valence-corrected chi connectivity index (χ1v) is 11.6. The number of aliphatic hydroxyl groups is 2. The molecule has 0 bridgehead atoms. The van der Waals surface area contributed by atoms with E-state index >= 15 is 0 Å². The van der Waals surface area contributed by atoms with E-state index in [4.69, 9.17) is 16.3 Å². The van der Waals surface area contributed by atoms with Crippen LogP contribution in [-0.2, 0) is 0 Å². The summed E-state index contributed by atoms with van der Waals surface area (Å²) in [5.74, 6) is -0.224. The number of fused-ring (bicyclic) bond motifs is 1. The zero-order chi connectivity index (χ0) is 24.1. The van der Waals surface area contributed by atoms with Gasteiger partial charge < -0.3 is 19.9 Å². The fourth-order valence-electron chi connectivity index (χ4n) is 4.95. The lowest BCUT2D eigenvalue weighted by Crippen LogP contribution is -2.17. The maximum Gasteiger partial charge on any atom is 0.142 e. The fraction of sp³-hybridized carbons (Fsp3) is 0.360. The van der Waals surface area contributed by atoms with Crippen LogP contribution in [0.2, 0.25) is 5.02 Å². The predicted molar refractivity (Wildman–Crippen MR) is 128 cm³/mol. The number of nitrogens with zero attached hydrogens (tertiary/aromatic N) is 3. The molecule has 4 atom stereocenters. The van der Waals surface area contributed by atoms with Crippen molar-refractivity contribution in [2.75, 3.05) is 7.11 Å². The van der Waals surface area contributed by atoms with Crippen LogP contribution in [0.25, 0.3) is 22.2 Å². The summed E-state index contributed by atoms with van der Waals surface area (Å²) in [6.45, 7) is 3.88. The average molecular weight is 485 g/mol. The van der Waals surface area contributed by atoms with Gasteiger partial charge in [0.2, 0.25) is 0 Å². The van der Waals surface area contributed by atoms with Crippen LogP contribution in [-0.4, -0.2) is 49.3 Å². The lowest BCUT2D eigenvalue weighted by molar-refractivity contribution is 0.0438. The molecular formula is C25H26ClFN4O3. The third kappa shape index (κ3) is 3.76. The molecule has 1 aliphatic carbocycles. The zero-order valence-corrected chi connectivity index (χ0v) is 19.8. The summed E-state index contributed by atoms with van der Waals surface area (Å²) < 4.78 is 21.6. The van der Waals surface area contributed by atoms with Crippen LogP contribution >= 0.6 is 11.6 Å². The van der Waals surface area contributed by atoms with Gasteiger partial charge >= 0.3 is 0 Å². The lowest BCUT2D eigenvalue weighted by atomic mass is 9.91. The summed E-state index contributed by atoms with van der Waals surface area (Å²) in [4.78, 5) is 7.80. The summed E-state index contributed by atoms with van der Waals surface area (Å²) in [6, 6.07) is 4.87. The minimum absolute atomic E-state index is 0.0448. The number of methoxy groups -OCH3 is 1. The third-order valence-electron chi connectivity index (χ3n) is 6.85. The number of pyridine rings is 1. The SMILES string of the molecule is COc1ccc(F)c(Cl)c1[C@@H](C)c1c[nH]c2ncc(-c3cn([C@@H]4C[C@@H](O)[C@@H](O)C4)nc3C)cc12. The highest BCUT2D eigenvalue weighted by molar-refractivity contribution is 6.31. The summed E-state index contributed by atoms with van der Waals surface area (Å²) in [5, 5.41) is 25.4. The molecule has 1 fully saturated rings. The molecule has 9 heteroatoms. The predicted octanol–water partition coefficient (Wildman–Crippen LogP) is 4.74. The van der Waals surface area contributed by atoms with Crippen molar-refractivity contribution in [2.45, 2.75) is 50.9 Å². The Bertz CT molecular complexity index is 1360. The van der Waals surface area contributed by atoms with Crippen LogP contribution in [0, 0.1) is 12.7 Å². The van der Waals surface area contributed by atoms with E-state index < -0.39 is 18.0 Å². The molecule has 0 spiro atoms. The third-order valence-corrected chi connectivity index (χ3v) is 7.23. The van der Waals surface area contributed by atoms with Gasteiger partial charge in [-0.1, -0.05) is 18.5 Å². The molecule has 0 aliphatic heterocycles. The van der Waals surface area contributed by atoms with Crippen molar-refractivity contribution in [1.82, 2.24) is 19.7 Å². The number of hydrogen-bond acceptors (Lipinski definition) is 5. The Morgan fingerprint density at radius 1 is 1.26 bits per heavy atom. The normalized spacial score (nSPS) is 21.3. The van der Waals surface area contributed by atoms with Crippen LogP contribution in [0.1, 0.15) is 48.5 Å². The first-order chi connectivity index (χ1) is 16.3. The number of benzene rings is 1. The highest BCUT2D eigenvalue weighted by Gasteiger charge is 2.33. The van der Waals surface area contributed by atoms with Gasteiger partial charge in [-0.15, -0.1) is 0 Å². The summed E-state index contributed by atoms with van der Waals surface area (Å²) in [5.41, 5.74) is 4.85. The van der Waals surface area contributed by atoms with Crippen molar-refractivity contribution in [3.63, 3.8) is 0 Å². The van der Waals surface area contributed by atoms with Gasteiger partial charge in [-0.3, -0.25) is 4.68 Å². The molecule has 5 rings (SSSR count). The van der Waals surface area contributed by atoms with E-state index in [-0.39, 0.29) is 17.0 Å². The maximum absolute atomic E-state index is 14.3. The Morgan fingerprint density at radius 3 is 2.71 bits per heavy atom. The van der Waals surface area contributed by atoms with Crippen molar-refractivity contribution in [2.24, 2.45) is 0 Å².